The lowest BCUT2D eigenvalue weighted by molar-refractivity contribution is 0.0618. The molecule has 4 N–H and O–H groups in total. The number of rotatable bonds is 2. The van der Waals surface area contributed by atoms with Crippen molar-refractivity contribution in [3.63, 3.8) is 0 Å². The summed E-state index contributed by atoms with van der Waals surface area (Å²) in [5, 5.41) is 17.3. The Bertz CT molecular complexity index is 80.5. The largest absolute Gasteiger partial charge is 0.405 e. The maximum absolute atomic E-state index is 8.71. The molecule has 0 rings (SSSR count). The molecular formula is C5H11NO2. The molecule has 0 heterocycles. The van der Waals surface area contributed by atoms with Crippen molar-refractivity contribution in [3.05, 3.63) is 12.3 Å². The summed E-state index contributed by atoms with van der Waals surface area (Å²) in [6.07, 6.45) is 0.956. The highest BCUT2D eigenvalue weighted by molar-refractivity contribution is 4.87. The van der Waals surface area contributed by atoms with Gasteiger partial charge in [0.15, 0.2) is 0 Å². The van der Waals surface area contributed by atoms with Crippen LogP contribution in [0.2, 0.25) is 0 Å². The van der Waals surface area contributed by atoms with Gasteiger partial charge in [0.2, 0.25) is 0 Å². The minimum atomic E-state index is -0.833. The van der Waals surface area contributed by atoms with Crippen LogP contribution in [0.15, 0.2) is 12.3 Å². The van der Waals surface area contributed by atoms with Crippen LogP contribution in [0.3, 0.4) is 0 Å². The molecule has 0 saturated heterocycles. The highest BCUT2D eigenvalue weighted by Gasteiger charge is 2.03. The van der Waals surface area contributed by atoms with Crippen molar-refractivity contribution in [2.45, 2.75) is 19.1 Å². The van der Waals surface area contributed by atoms with Gasteiger partial charge in [0, 0.05) is 0 Å². The van der Waals surface area contributed by atoms with E-state index in [4.69, 9.17) is 15.9 Å². The van der Waals surface area contributed by atoms with Crippen molar-refractivity contribution in [3.8, 4) is 0 Å². The van der Waals surface area contributed by atoms with Gasteiger partial charge in [-0.25, -0.2) is 0 Å². The van der Waals surface area contributed by atoms with Crippen LogP contribution in [0.4, 0.5) is 0 Å². The van der Waals surface area contributed by atoms with Crippen molar-refractivity contribution in [1.29, 1.82) is 0 Å². The van der Waals surface area contributed by atoms with Crippen LogP contribution in [0, 0.1) is 0 Å². The Balaban J connectivity index is 3.47. The number of aliphatic hydroxyl groups is 2. The van der Waals surface area contributed by atoms with E-state index in [0.717, 1.165) is 0 Å². The lowest BCUT2D eigenvalue weighted by atomic mass is 10.2. The van der Waals surface area contributed by atoms with E-state index in [1.165, 1.54) is 19.2 Å². The molecule has 0 spiro atoms. The molecule has 0 aliphatic rings. The Morgan fingerprint density at radius 2 is 2.00 bits per heavy atom. The van der Waals surface area contributed by atoms with Gasteiger partial charge in [0.05, 0.1) is 12.2 Å². The lowest BCUT2D eigenvalue weighted by Crippen LogP contribution is -2.19. The van der Waals surface area contributed by atoms with Crippen LogP contribution in [0.5, 0.6) is 0 Å². The summed E-state index contributed by atoms with van der Waals surface area (Å²) in [7, 11) is 0. The minimum absolute atomic E-state index is 0.741. The molecule has 3 nitrogen and oxygen atoms in total. The monoisotopic (exact) mass is 117 g/mol. The van der Waals surface area contributed by atoms with Crippen LogP contribution in [-0.2, 0) is 0 Å². The molecule has 0 saturated carbocycles. The van der Waals surface area contributed by atoms with E-state index < -0.39 is 12.2 Å². The Hall–Kier alpha value is -0.540. The maximum Gasteiger partial charge on any atom is 0.0993 e. The molecule has 48 valence electrons. The van der Waals surface area contributed by atoms with Crippen LogP contribution < -0.4 is 5.73 Å². The van der Waals surface area contributed by atoms with Gasteiger partial charge in [-0.05, 0) is 19.2 Å². The average molecular weight is 117 g/mol. The molecule has 0 aromatic heterocycles. The zero-order chi connectivity index (χ0) is 6.57. The maximum atomic E-state index is 8.71. The first-order chi connectivity index (χ1) is 3.68. The first-order valence-corrected chi connectivity index (χ1v) is 2.43. The summed E-state index contributed by atoms with van der Waals surface area (Å²) in [5.41, 5.74) is 4.92. The molecule has 0 aliphatic heterocycles. The summed E-state index contributed by atoms with van der Waals surface area (Å²) in [6.45, 7) is 1.49. The van der Waals surface area contributed by atoms with Gasteiger partial charge in [-0.2, -0.15) is 0 Å². The van der Waals surface area contributed by atoms with E-state index in [-0.39, 0.29) is 0 Å². The molecule has 0 radical (unpaired) electrons. The molecule has 0 bridgehead atoms. The zero-order valence-electron chi connectivity index (χ0n) is 4.78. The third-order valence-corrected chi connectivity index (χ3v) is 0.803. The zero-order valence-corrected chi connectivity index (χ0v) is 4.78. The fraction of sp³-hybridized carbons (Fsp3) is 0.600. The Kier molecular flexibility index (Phi) is 3.23. The molecule has 0 aliphatic carbocycles. The van der Waals surface area contributed by atoms with Crippen molar-refractivity contribution < 1.29 is 10.2 Å². The fourth-order valence-electron chi connectivity index (χ4n) is 0.275. The molecule has 0 amide bonds. The van der Waals surface area contributed by atoms with E-state index in [1.54, 1.807) is 0 Å². The van der Waals surface area contributed by atoms with Crippen molar-refractivity contribution in [2.24, 2.45) is 5.73 Å². The van der Waals surface area contributed by atoms with Gasteiger partial charge in [0.25, 0.3) is 0 Å². The first kappa shape index (κ1) is 7.46. The van der Waals surface area contributed by atoms with E-state index >= 15 is 0 Å². The summed E-state index contributed by atoms with van der Waals surface area (Å²) in [4.78, 5) is 0. The molecule has 3 heteroatoms. The Labute approximate surface area is 48.4 Å². The number of aliphatic hydroxyl groups excluding tert-OH is 2. The number of nitrogens with two attached hydrogens (primary N) is 1. The quantitative estimate of drug-likeness (QED) is 0.443. The van der Waals surface area contributed by atoms with E-state index in [2.05, 4.69) is 0 Å². The summed E-state index contributed by atoms with van der Waals surface area (Å²) in [5.74, 6) is 0. The van der Waals surface area contributed by atoms with Gasteiger partial charge < -0.3 is 15.9 Å². The second kappa shape index (κ2) is 3.46. The first-order valence-electron chi connectivity index (χ1n) is 2.43. The Morgan fingerprint density at radius 1 is 1.50 bits per heavy atom. The topological polar surface area (TPSA) is 66.5 Å². The van der Waals surface area contributed by atoms with Gasteiger partial charge >= 0.3 is 0 Å². The van der Waals surface area contributed by atoms with Crippen LogP contribution >= 0.6 is 0 Å². The highest BCUT2D eigenvalue weighted by atomic mass is 16.3. The molecule has 0 aromatic carbocycles. The fourth-order valence-corrected chi connectivity index (χ4v) is 0.275. The summed E-state index contributed by atoms with van der Waals surface area (Å²) in [6, 6.07) is 0. The predicted molar refractivity (Wildman–Crippen MR) is 31.0 cm³/mol. The van der Waals surface area contributed by atoms with Crippen molar-refractivity contribution in [2.75, 3.05) is 0 Å². The van der Waals surface area contributed by atoms with Gasteiger partial charge in [-0.3, -0.25) is 0 Å². The molecule has 2 atom stereocenters. The second-order valence-corrected chi connectivity index (χ2v) is 1.62. The van der Waals surface area contributed by atoms with Crippen molar-refractivity contribution >= 4 is 0 Å². The molecular weight excluding hydrogens is 106 g/mol. The van der Waals surface area contributed by atoms with E-state index in [0.29, 0.717) is 0 Å². The number of hydrogen-bond donors (Lipinski definition) is 3. The number of hydrogen-bond acceptors (Lipinski definition) is 3. The van der Waals surface area contributed by atoms with Gasteiger partial charge in [-0.15, -0.1) is 0 Å². The third-order valence-electron chi connectivity index (χ3n) is 0.803. The summed E-state index contributed by atoms with van der Waals surface area (Å²) < 4.78 is 0. The third kappa shape index (κ3) is 2.60. The van der Waals surface area contributed by atoms with Crippen LogP contribution in [-0.4, -0.2) is 22.4 Å². The van der Waals surface area contributed by atoms with Crippen LogP contribution in [0.1, 0.15) is 6.92 Å². The lowest BCUT2D eigenvalue weighted by Gasteiger charge is -2.06. The second-order valence-electron chi connectivity index (χ2n) is 1.62. The highest BCUT2D eigenvalue weighted by Crippen LogP contribution is 1.90. The molecule has 0 fully saturated rings. The SMILES string of the molecule is CC(O)C(O)C=CN. The predicted octanol–water partition coefficient (Wildman–Crippen LogP) is -0.800. The van der Waals surface area contributed by atoms with Crippen LogP contribution in [0.25, 0.3) is 0 Å². The molecule has 8 heavy (non-hydrogen) atoms. The van der Waals surface area contributed by atoms with Crippen molar-refractivity contribution in [1.82, 2.24) is 0 Å². The normalized spacial score (nSPS) is 18.9. The average Bonchev–Trinajstić information content (AvgIpc) is 1.67. The standard InChI is InChI=1S/C5H11NO2/c1-4(7)5(8)2-3-6/h2-5,7-8H,6H2,1H3. The van der Waals surface area contributed by atoms with E-state index in [9.17, 15) is 0 Å². The smallest absolute Gasteiger partial charge is 0.0993 e. The van der Waals surface area contributed by atoms with E-state index in [1.807, 2.05) is 0 Å². The molecule has 2 unspecified atom stereocenters. The van der Waals surface area contributed by atoms with Gasteiger partial charge in [0.1, 0.15) is 0 Å². The molecule has 0 aromatic rings. The van der Waals surface area contributed by atoms with Gasteiger partial charge in [-0.1, -0.05) is 0 Å². The Morgan fingerprint density at radius 3 is 2.12 bits per heavy atom. The summed E-state index contributed by atoms with van der Waals surface area (Å²) >= 11 is 0. The minimum Gasteiger partial charge on any atom is -0.405 e.